The number of carbonyl (C=O) groups is 2. The lowest BCUT2D eigenvalue weighted by Gasteiger charge is -2.00. The van der Waals surface area contributed by atoms with E-state index in [0.29, 0.717) is 0 Å². The second kappa shape index (κ2) is 4.00. The Labute approximate surface area is 59.2 Å². The Kier molecular flexibility index (Phi) is 3.64. The summed E-state index contributed by atoms with van der Waals surface area (Å²) >= 11 is 0. The van der Waals surface area contributed by atoms with E-state index in [1.807, 2.05) is 0 Å². The van der Waals surface area contributed by atoms with Crippen LogP contribution in [0, 0.1) is 5.92 Å². The SMILES string of the molecule is CC(C)C(=O)CC(=O)NO. The van der Waals surface area contributed by atoms with Crippen LogP contribution < -0.4 is 5.48 Å². The Morgan fingerprint density at radius 1 is 1.50 bits per heavy atom. The number of hydrogen-bond acceptors (Lipinski definition) is 3. The Morgan fingerprint density at radius 2 is 2.00 bits per heavy atom. The highest BCUT2D eigenvalue weighted by atomic mass is 16.5. The third kappa shape index (κ3) is 3.19. The maximum absolute atomic E-state index is 10.7. The fourth-order valence-corrected chi connectivity index (χ4v) is 0.402. The minimum Gasteiger partial charge on any atom is -0.299 e. The normalized spacial score (nSPS) is 9.60. The molecule has 0 unspecified atom stereocenters. The van der Waals surface area contributed by atoms with Gasteiger partial charge in [0.15, 0.2) is 0 Å². The second-order valence-corrected chi connectivity index (χ2v) is 2.33. The van der Waals surface area contributed by atoms with Crippen molar-refractivity contribution in [1.29, 1.82) is 0 Å². The van der Waals surface area contributed by atoms with Gasteiger partial charge in [0.25, 0.3) is 5.91 Å². The largest absolute Gasteiger partial charge is 0.299 e. The topological polar surface area (TPSA) is 66.4 Å². The number of carbonyl (C=O) groups excluding carboxylic acids is 2. The maximum Gasteiger partial charge on any atom is 0.250 e. The molecule has 0 aliphatic heterocycles. The summed E-state index contributed by atoms with van der Waals surface area (Å²) in [5.41, 5.74) is 1.39. The lowest BCUT2D eigenvalue weighted by Crippen LogP contribution is -2.23. The number of ketones is 1. The highest BCUT2D eigenvalue weighted by Crippen LogP contribution is 1.97. The van der Waals surface area contributed by atoms with Gasteiger partial charge in [-0.05, 0) is 0 Å². The van der Waals surface area contributed by atoms with Crippen molar-refractivity contribution in [2.75, 3.05) is 0 Å². The summed E-state index contributed by atoms with van der Waals surface area (Å²) in [7, 11) is 0. The molecule has 0 spiro atoms. The molecule has 58 valence electrons. The first kappa shape index (κ1) is 9.10. The number of hydrogen-bond donors (Lipinski definition) is 2. The summed E-state index contributed by atoms with van der Waals surface area (Å²) < 4.78 is 0. The van der Waals surface area contributed by atoms with Crippen molar-refractivity contribution in [2.24, 2.45) is 5.92 Å². The van der Waals surface area contributed by atoms with Crippen molar-refractivity contribution in [1.82, 2.24) is 5.48 Å². The van der Waals surface area contributed by atoms with Crippen molar-refractivity contribution in [3.8, 4) is 0 Å². The van der Waals surface area contributed by atoms with E-state index in [0.717, 1.165) is 0 Å². The number of rotatable bonds is 3. The van der Waals surface area contributed by atoms with Gasteiger partial charge in [-0.1, -0.05) is 13.8 Å². The highest BCUT2D eigenvalue weighted by Gasteiger charge is 2.11. The third-order valence-electron chi connectivity index (χ3n) is 1.10. The van der Waals surface area contributed by atoms with Gasteiger partial charge in [0.1, 0.15) is 5.78 Å². The average molecular weight is 145 g/mol. The number of hydroxylamine groups is 1. The summed E-state index contributed by atoms with van der Waals surface area (Å²) in [6.45, 7) is 3.40. The number of nitrogens with one attached hydrogen (secondary N) is 1. The minimum absolute atomic E-state index is 0.155. The zero-order valence-electron chi connectivity index (χ0n) is 6.05. The molecule has 0 bridgehead atoms. The molecule has 10 heavy (non-hydrogen) atoms. The first-order valence-corrected chi connectivity index (χ1v) is 3.03. The Morgan fingerprint density at radius 3 is 2.30 bits per heavy atom. The fraction of sp³-hybridized carbons (Fsp3) is 0.667. The van der Waals surface area contributed by atoms with E-state index in [9.17, 15) is 9.59 Å². The van der Waals surface area contributed by atoms with Crippen LogP contribution in [0.3, 0.4) is 0 Å². The van der Waals surface area contributed by atoms with Crippen molar-refractivity contribution < 1.29 is 14.8 Å². The molecule has 0 aliphatic rings. The molecule has 0 saturated carbocycles. The van der Waals surface area contributed by atoms with Crippen LogP contribution in [0.4, 0.5) is 0 Å². The molecule has 4 heteroatoms. The van der Waals surface area contributed by atoms with Crippen molar-refractivity contribution >= 4 is 11.7 Å². The van der Waals surface area contributed by atoms with E-state index in [-0.39, 0.29) is 18.1 Å². The molecular formula is C6H11NO3. The molecule has 4 nitrogen and oxygen atoms in total. The van der Waals surface area contributed by atoms with E-state index in [1.165, 1.54) is 5.48 Å². The number of Topliss-reactive ketones (excluding diaryl/α,β-unsaturated/α-hetero) is 1. The van der Waals surface area contributed by atoms with E-state index in [2.05, 4.69) is 0 Å². The molecule has 0 aromatic carbocycles. The smallest absolute Gasteiger partial charge is 0.250 e. The first-order chi connectivity index (χ1) is 4.57. The van der Waals surface area contributed by atoms with Gasteiger partial charge in [-0.3, -0.25) is 14.8 Å². The van der Waals surface area contributed by atoms with Crippen LogP contribution in [0.1, 0.15) is 20.3 Å². The minimum atomic E-state index is -0.654. The second-order valence-electron chi connectivity index (χ2n) is 2.33. The predicted molar refractivity (Wildman–Crippen MR) is 34.4 cm³/mol. The molecule has 0 radical (unpaired) electrons. The molecule has 0 fully saturated rings. The van der Waals surface area contributed by atoms with Gasteiger partial charge < -0.3 is 0 Å². The monoisotopic (exact) mass is 145 g/mol. The van der Waals surface area contributed by atoms with Crippen LogP contribution in [0.5, 0.6) is 0 Å². The molecule has 0 aliphatic carbocycles. The zero-order valence-corrected chi connectivity index (χ0v) is 6.05. The van der Waals surface area contributed by atoms with E-state index >= 15 is 0 Å². The van der Waals surface area contributed by atoms with Crippen LogP contribution >= 0.6 is 0 Å². The molecule has 0 heterocycles. The highest BCUT2D eigenvalue weighted by molar-refractivity contribution is 5.98. The van der Waals surface area contributed by atoms with Crippen molar-refractivity contribution in [3.63, 3.8) is 0 Å². The van der Waals surface area contributed by atoms with Crippen molar-refractivity contribution in [3.05, 3.63) is 0 Å². The Hall–Kier alpha value is -0.900. The van der Waals surface area contributed by atoms with Gasteiger partial charge in [-0.15, -0.1) is 0 Å². The molecule has 2 N–H and O–H groups in total. The zero-order chi connectivity index (χ0) is 8.15. The Balaban J connectivity index is 3.69. The summed E-state index contributed by atoms with van der Waals surface area (Å²) in [4.78, 5) is 21.1. The predicted octanol–water partition coefficient (Wildman–Crippen LogP) is 0.107. The third-order valence-corrected chi connectivity index (χ3v) is 1.10. The van der Waals surface area contributed by atoms with E-state index in [1.54, 1.807) is 13.8 Å². The summed E-state index contributed by atoms with van der Waals surface area (Å²) in [6.07, 6.45) is -0.242. The maximum atomic E-state index is 10.7. The molecule has 1 amide bonds. The summed E-state index contributed by atoms with van der Waals surface area (Å²) in [5.74, 6) is -0.984. The van der Waals surface area contributed by atoms with Crippen LogP contribution in [-0.2, 0) is 9.59 Å². The Bertz CT molecular complexity index is 142. The van der Waals surface area contributed by atoms with Gasteiger partial charge in [0, 0.05) is 5.92 Å². The van der Waals surface area contributed by atoms with Gasteiger partial charge in [0.05, 0.1) is 6.42 Å². The van der Waals surface area contributed by atoms with Gasteiger partial charge >= 0.3 is 0 Å². The lowest BCUT2D eigenvalue weighted by molar-refractivity contribution is -0.134. The summed E-state index contributed by atoms with van der Waals surface area (Å²) in [5, 5.41) is 8.01. The standard InChI is InChI=1S/C6H11NO3/c1-4(2)5(8)3-6(9)7-10/h4,10H,3H2,1-2H3,(H,7,9). The molecule has 0 aromatic heterocycles. The lowest BCUT2D eigenvalue weighted by atomic mass is 10.1. The molecule has 0 saturated heterocycles. The molecule has 0 rings (SSSR count). The van der Waals surface area contributed by atoms with Gasteiger partial charge in [0.2, 0.25) is 0 Å². The molecular weight excluding hydrogens is 134 g/mol. The van der Waals surface area contributed by atoms with Gasteiger partial charge in [-0.25, -0.2) is 5.48 Å². The molecule has 0 atom stereocenters. The van der Waals surface area contributed by atoms with E-state index in [4.69, 9.17) is 5.21 Å². The average Bonchev–Trinajstić information content (AvgIpc) is 1.87. The van der Waals surface area contributed by atoms with Crippen molar-refractivity contribution in [2.45, 2.75) is 20.3 Å². The number of amides is 1. The quantitative estimate of drug-likeness (QED) is 0.336. The first-order valence-electron chi connectivity index (χ1n) is 3.03. The van der Waals surface area contributed by atoms with Gasteiger partial charge in [-0.2, -0.15) is 0 Å². The van der Waals surface area contributed by atoms with Crippen LogP contribution in [0.15, 0.2) is 0 Å². The van der Waals surface area contributed by atoms with Crippen LogP contribution in [-0.4, -0.2) is 16.9 Å². The fourth-order valence-electron chi connectivity index (χ4n) is 0.402. The summed E-state index contributed by atoms with van der Waals surface area (Å²) in [6, 6.07) is 0. The van der Waals surface area contributed by atoms with E-state index < -0.39 is 5.91 Å². The van der Waals surface area contributed by atoms with Crippen LogP contribution in [0.2, 0.25) is 0 Å². The molecule has 0 aromatic rings. The van der Waals surface area contributed by atoms with Crippen LogP contribution in [0.25, 0.3) is 0 Å².